The highest BCUT2D eigenvalue weighted by molar-refractivity contribution is 7.14. The maximum Gasteiger partial charge on any atom is 0.414 e. The van der Waals surface area contributed by atoms with Crippen molar-refractivity contribution in [1.29, 1.82) is 0 Å². The van der Waals surface area contributed by atoms with E-state index in [4.69, 9.17) is 5.11 Å². The molecule has 2 amide bonds. The van der Waals surface area contributed by atoms with Crippen molar-refractivity contribution in [1.82, 2.24) is 4.90 Å². The fourth-order valence-electron chi connectivity index (χ4n) is 1.88. The molecule has 1 heterocycles. The molecule has 0 spiro atoms. The molecule has 0 fully saturated rings. The molecule has 0 saturated carbocycles. The fourth-order valence-corrected chi connectivity index (χ4v) is 3.10. The maximum atomic E-state index is 12.0. The lowest BCUT2D eigenvalue weighted by molar-refractivity contribution is 0.0755. The molecular weight excluding hydrogens is 250 g/mol. The van der Waals surface area contributed by atoms with Crippen LogP contribution in [0.15, 0.2) is 12.1 Å². The maximum absolute atomic E-state index is 12.0. The zero-order chi connectivity index (χ0) is 13.7. The summed E-state index contributed by atoms with van der Waals surface area (Å²) < 4.78 is 0. The number of hydrogen-bond acceptors (Lipinski definition) is 3. The van der Waals surface area contributed by atoms with Crippen molar-refractivity contribution in [2.75, 3.05) is 6.54 Å². The van der Waals surface area contributed by atoms with E-state index in [1.807, 2.05) is 6.07 Å². The van der Waals surface area contributed by atoms with Crippen LogP contribution in [0, 0.1) is 0 Å². The molecule has 1 aromatic rings. The third kappa shape index (κ3) is 3.10. The van der Waals surface area contributed by atoms with Crippen LogP contribution in [0.1, 0.15) is 54.1 Å². The standard InChI is InChI=1S/C13H19NO3S/c1-4-9(5-2)10-7-8-11(18-10)12(15)14(6-3)13(16)17/h7-9H,4-6H2,1-3H3,(H,16,17). The summed E-state index contributed by atoms with van der Waals surface area (Å²) in [4.78, 5) is 25.4. The van der Waals surface area contributed by atoms with E-state index in [1.54, 1.807) is 13.0 Å². The molecule has 4 nitrogen and oxygen atoms in total. The lowest BCUT2D eigenvalue weighted by Crippen LogP contribution is -2.34. The van der Waals surface area contributed by atoms with Gasteiger partial charge < -0.3 is 5.11 Å². The number of carbonyl (C=O) groups excluding carboxylic acids is 1. The second kappa shape index (κ2) is 6.54. The molecule has 0 aliphatic heterocycles. The van der Waals surface area contributed by atoms with Gasteiger partial charge in [0, 0.05) is 11.4 Å². The molecule has 0 atom stereocenters. The molecule has 100 valence electrons. The van der Waals surface area contributed by atoms with Crippen molar-refractivity contribution in [2.24, 2.45) is 0 Å². The second-order valence-electron chi connectivity index (χ2n) is 4.05. The number of carboxylic acid groups (broad SMARTS) is 1. The minimum atomic E-state index is -1.19. The molecule has 0 bridgehead atoms. The van der Waals surface area contributed by atoms with Gasteiger partial charge in [0.05, 0.1) is 4.88 Å². The van der Waals surface area contributed by atoms with Crippen LogP contribution in [0.25, 0.3) is 0 Å². The monoisotopic (exact) mass is 269 g/mol. The number of nitrogens with zero attached hydrogens (tertiary/aromatic N) is 1. The first kappa shape index (κ1) is 14.7. The lowest BCUT2D eigenvalue weighted by atomic mass is 10.0. The van der Waals surface area contributed by atoms with Crippen LogP contribution in [0.2, 0.25) is 0 Å². The van der Waals surface area contributed by atoms with E-state index in [0.29, 0.717) is 10.8 Å². The zero-order valence-corrected chi connectivity index (χ0v) is 11.8. The Balaban J connectivity index is 2.91. The summed E-state index contributed by atoms with van der Waals surface area (Å²) in [6, 6.07) is 3.66. The van der Waals surface area contributed by atoms with Crippen LogP contribution >= 0.6 is 11.3 Å². The summed E-state index contributed by atoms with van der Waals surface area (Å²) in [5.41, 5.74) is 0. The van der Waals surface area contributed by atoms with E-state index in [2.05, 4.69) is 13.8 Å². The first-order valence-electron chi connectivity index (χ1n) is 6.19. The van der Waals surface area contributed by atoms with Gasteiger partial charge in [-0.15, -0.1) is 11.3 Å². The Labute approximate surface area is 111 Å². The molecule has 0 radical (unpaired) electrons. The van der Waals surface area contributed by atoms with Gasteiger partial charge in [0.25, 0.3) is 5.91 Å². The Kier molecular flexibility index (Phi) is 5.34. The van der Waals surface area contributed by atoms with Gasteiger partial charge in [0.1, 0.15) is 0 Å². The van der Waals surface area contributed by atoms with Crippen molar-refractivity contribution in [3.63, 3.8) is 0 Å². The van der Waals surface area contributed by atoms with Crippen LogP contribution in [-0.2, 0) is 0 Å². The van der Waals surface area contributed by atoms with Crippen molar-refractivity contribution < 1.29 is 14.7 Å². The normalized spacial score (nSPS) is 10.7. The molecule has 1 rings (SSSR count). The van der Waals surface area contributed by atoms with E-state index in [-0.39, 0.29) is 6.54 Å². The average Bonchev–Trinajstić information content (AvgIpc) is 2.80. The molecule has 5 heteroatoms. The summed E-state index contributed by atoms with van der Waals surface area (Å²) in [7, 11) is 0. The van der Waals surface area contributed by atoms with E-state index < -0.39 is 12.0 Å². The van der Waals surface area contributed by atoms with E-state index in [0.717, 1.165) is 22.6 Å². The highest BCUT2D eigenvalue weighted by Crippen LogP contribution is 2.30. The van der Waals surface area contributed by atoms with Crippen molar-refractivity contribution >= 4 is 23.3 Å². The number of amides is 2. The minimum Gasteiger partial charge on any atom is -0.465 e. The van der Waals surface area contributed by atoms with Crippen molar-refractivity contribution in [3.8, 4) is 0 Å². The quantitative estimate of drug-likeness (QED) is 0.884. The number of rotatable bonds is 5. The minimum absolute atomic E-state index is 0.173. The summed E-state index contributed by atoms with van der Waals surface area (Å²) >= 11 is 1.40. The number of imide groups is 1. The predicted octanol–water partition coefficient (Wildman–Crippen LogP) is 3.79. The first-order chi connectivity index (χ1) is 8.54. The Bertz CT molecular complexity index is 424. The van der Waals surface area contributed by atoms with Gasteiger partial charge in [-0.25, -0.2) is 9.69 Å². The Morgan fingerprint density at radius 3 is 2.33 bits per heavy atom. The van der Waals surface area contributed by atoms with E-state index >= 15 is 0 Å². The topological polar surface area (TPSA) is 57.6 Å². The number of thiophene rings is 1. The van der Waals surface area contributed by atoms with Crippen LogP contribution in [0.5, 0.6) is 0 Å². The fraction of sp³-hybridized carbons (Fsp3) is 0.538. The van der Waals surface area contributed by atoms with Crippen LogP contribution in [0.4, 0.5) is 4.79 Å². The van der Waals surface area contributed by atoms with Crippen molar-refractivity contribution in [2.45, 2.75) is 39.5 Å². The highest BCUT2D eigenvalue weighted by Gasteiger charge is 2.22. The molecule has 0 aliphatic rings. The number of hydrogen-bond donors (Lipinski definition) is 1. The molecular formula is C13H19NO3S. The van der Waals surface area contributed by atoms with E-state index in [9.17, 15) is 9.59 Å². The second-order valence-corrected chi connectivity index (χ2v) is 5.16. The first-order valence-corrected chi connectivity index (χ1v) is 7.01. The van der Waals surface area contributed by atoms with E-state index in [1.165, 1.54) is 11.3 Å². The SMILES string of the molecule is CCC(CC)c1ccc(C(=O)N(CC)C(=O)O)s1. The largest absolute Gasteiger partial charge is 0.465 e. The van der Waals surface area contributed by atoms with Gasteiger partial charge in [0.15, 0.2) is 0 Å². The smallest absolute Gasteiger partial charge is 0.414 e. The molecule has 1 N–H and O–H groups in total. The van der Waals surface area contributed by atoms with Gasteiger partial charge in [-0.2, -0.15) is 0 Å². The summed E-state index contributed by atoms with van der Waals surface area (Å²) in [6.07, 6.45) is 0.863. The Hall–Kier alpha value is -1.36. The zero-order valence-electron chi connectivity index (χ0n) is 11.0. The molecule has 1 aromatic heterocycles. The molecule has 0 aromatic carbocycles. The van der Waals surface area contributed by atoms with Crippen LogP contribution in [-0.4, -0.2) is 28.6 Å². The van der Waals surface area contributed by atoms with Gasteiger partial charge in [0.2, 0.25) is 0 Å². The molecule has 0 unspecified atom stereocenters. The summed E-state index contributed by atoms with van der Waals surface area (Å²) in [6.45, 7) is 6.06. The lowest BCUT2D eigenvalue weighted by Gasteiger charge is -2.13. The van der Waals surface area contributed by atoms with Crippen LogP contribution < -0.4 is 0 Å². The highest BCUT2D eigenvalue weighted by atomic mass is 32.1. The summed E-state index contributed by atoms with van der Waals surface area (Å²) in [5.74, 6) is 0.0312. The summed E-state index contributed by atoms with van der Waals surface area (Å²) in [5, 5.41) is 8.92. The Morgan fingerprint density at radius 1 is 1.28 bits per heavy atom. The number of carbonyl (C=O) groups is 2. The third-order valence-corrected chi connectivity index (χ3v) is 4.25. The van der Waals surface area contributed by atoms with Crippen LogP contribution in [0.3, 0.4) is 0 Å². The Morgan fingerprint density at radius 2 is 1.89 bits per heavy atom. The van der Waals surface area contributed by atoms with Gasteiger partial charge >= 0.3 is 6.09 Å². The van der Waals surface area contributed by atoms with Gasteiger partial charge in [-0.05, 0) is 37.8 Å². The average molecular weight is 269 g/mol. The molecule has 0 aliphatic carbocycles. The van der Waals surface area contributed by atoms with Gasteiger partial charge in [-0.3, -0.25) is 4.79 Å². The van der Waals surface area contributed by atoms with Gasteiger partial charge in [-0.1, -0.05) is 13.8 Å². The van der Waals surface area contributed by atoms with Crippen molar-refractivity contribution in [3.05, 3.63) is 21.9 Å². The third-order valence-electron chi connectivity index (χ3n) is 3.02. The molecule has 18 heavy (non-hydrogen) atoms. The molecule has 0 saturated heterocycles. The predicted molar refractivity (Wildman–Crippen MR) is 72.4 cm³/mol.